The fourth-order valence-electron chi connectivity index (χ4n) is 1.86. The number of unbranched alkanes of at least 4 members (excludes halogenated alkanes) is 1. The standard InChI is InChI=1S/C17H30O2Si/c1-17(2,3)20(4,5)19-12-7-6-9-15-10-8-11-16(13-15)14-18/h8,10-11,13,18H,6-7,9,12,14H2,1-5H3. The second-order valence-corrected chi connectivity index (χ2v) is 11.9. The number of hydrogen-bond acceptors (Lipinski definition) is 2. The molecule has 0 saturated carbocycles. The summed E-state index contributed by atoms with van der Waals surface area (Å²) in [7, 11) is -1.58. The topological polar surface area (TPSA) is 29.5 Å². The Morgan fingerprint density at radius 3 is 2.35 bits per heavy atom. The van der Waals surface area contributed by atoms with Gasteiger partial charge in [0, 0.05) is 6.61 Å². The van der Waals surface area contributed by atoms with Crippen molar-refractivity contribution in [1.29, 1.82) is 0 Å². The molecule has 1 aromatic carbocycles. The highest BCUT2D eigenvalue weighted by atomic mass is 28.4. The maximum absolute atomic E-state index is 9.12. The zero-order chi connectivity index (χ0) is 15.2. The monoisotopic (exact) mass is 294 g/mol. The van der Waals surface area contributed by atoms with E-state index in [1.165, 1.54) is 5.56 Å². The van der Waals surface area contributed by atoms with E-state index >= 15 is 0 Å². The molecule has 2 nitrogen and oxygen atoms in total. The predicted octanol–water partition coefficient (Wildman–Crippen LogP) is 4.52. The van der Waals surface area contributed by atoms with Crippen LogP contribution in [0, 0.1) is 0 Å². The van der Waals surface area contributed by atoms with Gasteiger partial charge in [-0.05, 0) is 48.5 Å². The van der Waals surface area contributed by atoms with E-state index in [0.29, 0.717) is 5.04 Å². The summed E-state index contributed by atoms with van der Waals surface area (Å²) in [4.78, 5) is 0. The van der Waals surface area contributed by atoms with Crippen LogP contribution in [0.1, 0.15) is 44.7 Å². The molecule has 1 N–H and O–H groups in total. The zero-order valence-electron chi connectivity index (χ0n) is 13.7. The summed E-state index contributed by atoms with van der Waals surface area (Å²) < 4.78 is 6.18. The van der Waals surface area contributed by atoms with E-state index in [9.17, 15) is 0 Å². The van der Waals surface area contributed by atoms with Crippen LogP contribution >= 0.6 is 0 Å². The Balaban J connectivity index is 2.29. The van der Waals surface area contributed by atoms with Gasteiger partial charge in [0.1, 0.15) is 0 Å². The minimum atomic E-state index is -1.58. The molecule has 1 rings (SSSR count). The lowest BCUT2D eigenvalue weighted by Gasteiger charge is -2.36. The quantitative estimate of drug-likeness (QED) is 0.591. The summed E-state index contributed by atoms with van der Waals surface area (Å²) in [6.07, 6.45) is 3.31. The molecule has 0 heterocycles. The van der Waals surface area contributed by atoms with Crippen molar-refractivity contribution in [1.82, 2.24) is 0 Å². The van der Waals surface area contributed by atoms with Gasteiger partial charge in [0.15, 0.2) is 8.32 Å². The van der Waals surface area contributed by atoms with Gasteiger partial charge in [0.25, 0.3) is 0 Å². The number of benzene rings is 1. The molecule has 0 spiro atoms. The van der Waals surface area contributed by atoms with Gasteiger partial charge in [-0.1, -0.05) is 45.0 Å². The first-order valence-corrected chi connectivity index (χ1v) is 10.5. The molecule has 1 aromatic rings. The summed E-state index contributed by atoms with van der Waals surface area (Å²) in [6, 6.07) is 8.21. The van der Waals surface area contributed by atoms with E-state index in [4.69, 9.17) is 9.53 Å². The smallest absolute Gasteiger partial charge is 0.191 e. The fourth-order valence-corrected chi connectivity index (χ4v) is 2.95. The molecule has 0 aliphatic heterocycles. The lowest BCUT2D eigenvalue weighted by atomic mass is 10.1. The molecular weight excluding hydrogens is 264 g/mol. The van der Waals surface area contributed by atoms with E-state index in [0.717, 1.165) is 31.4 Å². The van der Waals surface area contributed by atoms with Crippen LogP contribution in [0.25, 0.3) is 0 Å². The van der Waals surface area contributed by atoms with Crippen molar-refractivity contribution in [2.24, 2.45) is 0 Å². The number of aryl methyl sites for hydroxylation is 1. The van der Waals surface area contributed by atoms with Crippen molar-refractivity contribution in [2.75, 3.05) is 6.61 Å². The Hall–Kier alpha value is -0.643. The van der Waals surface area contributed by atoms with Crippen molar-refractivity contribution >= 4 is 8.32 Å². The Bertz CT molecular complexity index is 408. The average Bonchev–Trinajstić information content (AvgIpc) is 2.37. The minimum Gasteiger partial charge on any atom is -0.417 e. The van der Waals surface area contributed by atoms with Gasteiger partial charge < -0.3 is 9.53 Å². The van der Waals surface area contributed by atoms with Crippen LogP contribution in [0.15, 0.2) is 24.3 Å². The van der Waals surface area contributed by atoms with E-state index in [2.05, 4.69) is 46.0 Å². The molecule has 0 aliphatic rings. The largest absolute Gasteiger partial charge is 0.417 e. The van der Waals surface area contributed by atoms with Gasteiger partial charge in [-0.25, -0.2) is 0 Å². The number of rotatable bonds is 7. The second-order valence-electron chi connectivity index (χ2n) is 7.04. The molecule has 0 unspecified atom stereocenters. The van der Waals surface area contributed by atoms with Gasteiger partial charge in [-0.2, -0.15) is 0 Å². The Morgan fingerprint density at radius 2 is 1.75 bits per heavy atom. The van der Waals surface area contributed by atoms with Crippen LogP contribution in [-0.4, -0.2) is 20.0 Å². The van der Waals surface area contributed by atoms with E-state index in [-0.39, 0.29) is 6.61 Å². The van der Waals surface area contributed by atoms with E-state index < -0.39 is 8.32 Å². The molecule has 114 valence electrons. The summed E-state index contributed by atoms with van der Waals surface area (Å²) >= 11 is 0. The van der Waals surface area contributed by atoms with Crippen LogP contribution in [0.5, 0.6) is 0 Å². The van der Waals surface area contributed by atoms with Crippen LogP contribution in [0.3, 0.4) is 0 Å². The minimum absolute atomic E-state index is 0.127. The molecule has 0 bridgehead atoms. The average molecular weight is 295 g/mol. The van der Waals surface area contributed by atoms with Gasteiger partial charge in [0.05, 0.1) is 6.61 Å². The van der Waals surface area contributed by atoms with Crippen molar-refractivity contribution in [3.8, 4) is 0 Å². The number of hydrogen-bond donors (Lipinski definition) is 1. The third-order valence-electron chi connectivity index (χ3n) is 4.30. The predicted molar refractivity (Wildman–Crippen MR) is 88.5 cm³/mol. The number of aliphatic hydroxyl groups excluding tert-OH is 1. The van der Waals surface area contributed by atoms with Crippen LogP contribution in [-0.2, 0) is 17.5 Å². The third-order valence-corrected chi connectivity index (χ3v) is 8.84. The molecule has 0 aromatic heterocycles. The molecule has 0 saturated heterocycles. The van der Waals surface area contributed by atoms with E-state index in [1.54, 1.807) is 0 Å². The first kappa shape index (κ1) is 17.4. The zero-order valence-corrected chi connectivity index (χ0v) is 14.7. The Morgan fingerprint density at radius 1 is 1.10 bits per heavy atom. The molecule has 20 heavy (non-hydrogen) atoms. The summed E-state index contributed by atoms with van der Waals surface area (Å²) in [5, 5.41) is 9.42. The van der Waals surface area contributed by atoms with Crippen molar-refractivity contribution < 1.29 is 9.53 Å². The maximum Gasteiger partial charge on any atom is 0.191 e. The van der Waals surface area contributed by atoms with Crippen LogP contribution in [0.2, 0.25) is 18.1 Å². The lowest BCUT2D eigenvalue weighted by molar-refractivity contribution is 0.278. The van der Waals surface area contributed by atoms with Gasteiger partial charge in [-0.15, -0.1) is 0 Å². The van der Waals surface area contributed by atoms with Gasteiger partial charge >= 0.3 is 0 Å². The fraction of sp³-hybridized carbons (Fsp3) is 0.647. The maximum atomic E-state index is 9.12. The summed E-state index contributed by atoms with van der Waals surface area (Å²) in [5.74, 6) is 0. The van der Waals surface area contributed by atoms with Crippen molar-refractivity contribution in [3.05, 3.63) is 35.4 Å². The van der Waals surface area contributed by atoms with Crippen molar-refractivity contribution in [3.63, 3.8) is 0 Å². The van der Waals surface area contributed by atoms with Crippen molar-refractivity contribution in [2.45, 2.75) is 64.8 Å². The van der Waals surface area contributed by atoms with Crippen LogP contribution < -0.4 is 0 Å². The molecule has 0 aliphatic carbocycles. The summed E-state index contributed by atoms with van der Waals surface area (Å²) in [6.45, 7) is 12.4. The number of aliphatic hydroxyl groups is 1. The lowest BCUT2D eigenvalue weighted by Crippen LogP contribution is -2.40. The SMILES string of the molecule is CC(C)(C)[Si](C)(C)OCCCCc1cccc(CO)c1. The normalized spacial score (nSPS) is 12.7. The molecule has 0 fully saturated rings. The Labute approximate surface area is 125 Å². The van der Waals surface area contributed by atoms with Crippen LogP contribution in [0.4, 0.5) is 0 Å². The molecular formula is C17H30O2Si. The second kappa shape index (κ2) is 7.39. The van der Waals surface area contributed by atoms with E-state index in [1.807, 2.05) is 12.1 Å². The third kappa shape index (κ3) is 5.39. The highest BCUT2D eigenvalue weighted by Gasteiger charge is 2.36. The first-order valence-electron chi connectivity index (χ1n) is 7.59. The molecule has 0 radical (unpaired) electrons. The van der Waals surface area contributed by atoms with Gasteiger partial charge in [0.2, 0.25) is 0 Å². The highest BCUT2D eigenvalue weighted by Crippen LogP contribution is 2.36. The highest BCUT2D eigenvalue weighted by molar-refractivity contribution is 6.74. The Kier molecular flexibility index (Phi) is 6.43. The molecule has 0 atom stereocenters. The van der Waals surface area contributed by atoms with Gasteiger partial charge in [-0.3, -0.25) is 0 Å². The molecule has 0 amide bonds. The summed E-state index contributed by atoms with van der Waals surface area (Å²) in [5.41, 5.74) is 2.31. The molecule has 3 heteroatoms. The first-order chi connectivity index (χ1) is 9.26.